The fraction of sp³-hybridized carbons (Fsp3) is 0.273. The Labute approximate surface area is 174 Å². The molecule has 0 aromatic heterocycles. The molecule has 30 heavy (non-hydrogen) atoms. The number of nitrogens with one attached hydrogen (secondary N) is 2. The van der Waals surface area contributed by atoms with Crippen molar-refractivity contribution in [1.29, 1.82) is 0 Å². The van der Waals surface area contributed by atoms with Crippen molar-refractivity contribution in [2.24, 2.45) is 0 Å². The van der Waals surface area contributed by atoms with Gasteiger partial charge in [-0.3, -0.25) is 9.59 Å². The third-order valence-corrected chi connectivity index (χ3v) is 5.38. The number of hydrogen-bond acceptors (Lipinski definition) is 5. The molecule has 2 aliphatic rings. The van der Waals surface area contributed by atoms with Gasteiger partial charge in [0.25, 0.3) is 5.91 Å². The first-order chi connectivity index (χ1) is 14.4. The Bertz CT molecular complexity index is 992. The monoisotopic (exact) mass is 410 g/mol. The van der Waals surface area contributed by atoms with E-state index in [4.69, 9.17) is 4.74 Å². The summed E-state index contributed by atoms with van der Waals surface area (Å²) in [7, 11) is 1.62. The molecule has 0 saturated carbocycles. The van der Waals surface area contributed by atoms with Crippen LogP contribution in [-0.4, -0.2) is 41.4 Å². The van der Waals surface area contributed by atoms with E-state index >= 15 is 0 Å². The van der Waals surface area contributed by atoms with Crippen molar-refractivity contribution >= 4 is 17.5 Å². The highest BCUT2D eigenvalue weighted by molar-refractivity contribution is 5.96. The summed E-state index contributed by atoms with van der Waals surface area (Å²) in [4.78, 5) is 26.7. The Kier molecular flexibility index (Phi) is 5.41. The fourth-order valence-corrected chi connectivity index (χ4v) is 3.69. The molecule has 4 rings (SSSR count). The van der Waals surface area contributed by atoms with Crippen LogP contribution in [0.15, 0.2) is 54.9 Å². The summed E-state index contributed by atoms with van der Waals surface area (Å²) in [5, 5.41) is 4.46. The van der Waals surface area contributed by atoms with Crippen molar-refractivity contribution in [2.75, 3.05) is 19.0 Å². The summed E-state index contributed by atoms with van der Waals surface area (Å²) in [5.74, 6) is -0.196. The molecule has 156 valence electrons. The molecule has 0 aliphatic carbocycles. The van der Waals surface area contributed by atoms with E-state index in [1.807, 2.05) is 24.3 Å². The normalized spacial score (nSPS) is 20.3. The number of aryl methyl sites for hydroxylation is 1. The van der Waals surface area contributed by atoms with Crippen LogP contribution in [0.5, 0.6) is 5.75 Å². The second-order valence-corrected chi connectivity index (χ2v) is 7.39. The van der Waals surface area contributed by atoms with Gasteiger partial charge >= 0.3 is 0 Å². The molecule has 2 unspecified atom stereocenters. The maximum atomic E-state index is 13.4. The number of carbonyl (C=O) groups excluding carboxylic acids is 2. The lowest BCUT2D eigenvalue weighted by Gasteiger charge is -2.31. The van der Waals surface area contributed by atoms with Gasteiger partial charge in [0.05, 0.1) is 13.2 Å². The van der Waals surface area contributed by atoms with E-state index in [1.54, 1.807) is 37.5 Å². The van der Waals surface area contributed by atoms with Gasteiger partial charge in [-0.15, -0.1) is 0 Å². The number of benzene rings is 2. The summed E-state index contributed by atoms with van der Waals surface area (Å²) in [6.07, 6.45) is 3.92. The van der Waals surface area contributed by atoms with E-state index in [0.29, 0.717) is 12.1 Å². The average Bonchev–Trinajstić information content (AvgIpc) is 3.18. The van der Waals surface area contributed by atoms with Crippen LogP contribution in [0.1, 0.15) is 23.6 Å². The molecule has 2 atom stereocenters. The highest BCUT2D eigenvalue weighted by Crippen LogP contribution is 2.31. The summed E-state index contributed by atoms with van der Waals surface area (Å²) in [6, 6.07) is 11.5. The van der Waals surface area contributed by atoms with E-state index in [2.05, 4.69) is 10.7 Å². The molecule has 2 N–H and O–H groups in total. The van der Waals surface area contributed by atoms with E-state index < -0.39 is 11.9 Å². The predicted octanol–water partition coefficient (Wildman–Crippen LogP) is 2.71. The van der Waals surface area contributed by atoms with Crippen molar-refractivity contribution in [1.82, 2.24) is 15.3 Å². The lowest BCUT2D eigenvalue weighted by Crippen LogP contribution is -2.49. The van der Waals surface area contributed by atoms with Gasteiger partial charge in [0.15, 0.2) is 0 Å². The minimum atomic E-state index is -0.429. The van der Waals surface area contributed by atoms with E-state index in [0.717, 1.165) is 16.9 Å². The number of amides is 2. The van der Waals surface area contributed by atoms with Crippen LogP contribution < -0.4 is 15.5 Å². The Morgan fingerprint density at radius 2 is 2.00 bits per heavy atom. The quantitative estimate of drug-likeness (QED) is 0.793. The van der Waals surface area contributed by atoms with Gasteiger partial charge < -0.3 is 20.0 Å². The first-order valence-corrected chi connectivity index (χ1v) is 9.68. The maximum Gasteiger partial charge on any atom is 0.251 e. The number of halogens is 1. The number of nitrogens with zero attached hydrogens (tertiary/aromatic N) is 2. The standard InChI is InChI=1S/C22H23FN4O3/c1-14-3-6-16(23)11-18(14)24-21(28)13-26-9-10-27-20(22(26)29)12-19(25-27)15-4-7-17(30-2)8-5-15/h3-11,19-20,25H,12-13H2,1-2H3,(H,24,28). The second-order valence-electron chi connectivity index (χ2n) is 7.39. The number of hydrazine groups is 1. The van der Waals surface area contributed by atoms with Crippen LogP contribution in [0.2, 0.25) is 0 Å². The molecule has 2 aromatic rings. The topological polar surface area (TPSA) is 73.9 Å². The second kappa shape index (κ2) is 8.16. The van der Waals surface area contributed by atoms with Crippen molar-refractivity contribution < 1.29 is 18.7 Å². The van der Waals surface area contributed by atoms with Crippen LogP contribution in [0, 0.1) is 12.7 Å². The van der Waals surface area contributed by atoms with Crippen LogP contribution in [0.4, 0.5) is 10.1 Å². The zero-order valence-corrected chi connectivity index (χ0v) is 16.8. The lowest BCUT2D eigenvalue weighted by molar-refractivity contribution is -0.137. The Morgan fingerprint density at radius 1 is 1.23 bits per heavy atom. The molecule has 1 fully saturated rings. The number of hydrogen-bond donors (Lipinski definition) is 2. The molecule has 7 nitrogen and oxygen atoms in total. The van der Waals surface area contributed by atoms with Crippen LogP contribution in [-0.2, 0) is 9.59 Å². The van der Waals surface area contributed by atoms with Crippen molar-refractivity contribution in [2.45, 2.75) is 25.4 Å². The number of ether oxygens (including phenoxy) is 1. The van der Waals surface area contributed by atoms with Crippen molar-refractivity contribution in [3.05, 3.63) is 71.8 Å². The van der Waals surface area contributed by atoms with Crippen LogP contribution >= 0.6 is 0 Å². The third kappa shape index (κ3) is 3.99. The predicted molar refractivity (Wildman–Crippen MR) is 110 cm³/mol. The van der Waals surface area contributed by atoms with Gasteiger partial charge in [-0.2, -0.15) is 0 Å². The van der Waals surface area contributed by atoms with Gasteiger partial charge in [-0.1, -0.05) is 18.2 Å². The van der Waals surface area contributed by atoms with Crippen LogP contribution in [0.25, 0.3) is 0 Å². The van der Waals surface area contributed by atoms with Gasteiger partial charge in [0.1, 0.15) is 24.2 Å². The summed E-state index contributed by atoms with van der Waals surface area (Å²) in [5.41, 5.74) is 5.52. The SMILES string of the molecule is COc1ccc(C2CC3C(=O)N(CC(=O)Nc4cc(F)ccc4C)C=CN3N2)cc1. The number of anilines is 1. The zero-order chi connectivity index (χ0) is 21.3. The van der Waals surface area contributed by atoms with Crippen molar-refractivity contribution in [3.8, 4) is 5.75 Å². The van der Waals surface area contributed by atoms with Crippen LogP contribution in [0.3, 0.4) is 0 Å². The highest BCUT2D eigenvalue weighted by atomic mass is 19.1. The molecule has 0 radical (unpaired) electrons. The zero-order valence-electron chi connectivity index (χ0n) is 16.8. The molecule has 1 saturated heterocycles. The largest absolute Gasteiger partial charge is 0.497 e. The minimum Gasteiger partial charge on any atom is -0.497 e. The molecule has 8 heteroatoms. The summed E-state index contributed by atoms with van der Waals surface area (Å²) >= 11 is 0. The first-order valence-electron chi connectivity index (χ1n) is 9.68. The first kappa shape index (κ1) is 19.9. The Balaban J connectivity index is 1.40. The molecular formula is C22H23FN4O3. The highest BCUT2D eigenvalue weighted by Gasteiger charge is 2.40. The molecule has 2 aliphatic heterocycles. The number of fused-ring (bicyclic) bond motifs is 1. The molecular weight excluding hydrogens is 387 g/mol. The fourth-order valence-electron chi connectivity index (χ4n) is 3.69. The molecule has 0 spiro atoms. The number of rotatable bonds is 5. The van der Waals surface area contributed by atoms with E-state index in [1.165, 1.54) is 17.0 Å². The van der Waals surface area contributed by atoms with E-state index in [9.17, 15) is 14.0 Å². The molecule has 2 heterocycles. The van der Waals surface area contributed by atoms with Gasteiger partial charge in [-0.05, 0) is 48.7 Å². The van der Waals surface area contributed by atoms with Crippen molar-refractivity contribution in [3.63, 3.8) is 0 Å². The molecule has 0 bridgehead atoms. The third-order valence-electron chi connectivity index (χ3n) is 5.38. The smallest absolute Gasteiger partial charge is 0.251 e. The minimum absolute atomic E-state index is 0.0155. The molecule has 2 amide bonds. The summed E-state index contributed by atoms with van der Waals surface area (Å²) < 4.78 is 18.6. The van der Waals surface area contributed by atoms with Gasteiger partial charge in [0.2, 0.25) is 5.91 Å². The maximum absolute atomic E-state index is 13.4. The van der Waals surface area contributed by atoms with Gasteiger partial charge in [-0.25, -0.2) is 9.82 Å². The number of methoxy groups -OCH3 is 1. The average molecular weight is 410 g/mol. The van der Waals surface area contributed by atoms with Gasteiger partial charge in [0, 0.05) is 18.1 Å². The Hall–Kier alpha value is -3.39. The summed E-state index contributed by atoms with van der Waals surface area (Å²) in [6.45, 7) is 1.64. The number of carbonyl (C=O) groups is 2. The van der Waals surface area contributed by atoms with E-state index in [-0.39, 0.29) is 24.4 Å². The molecule has 2 aromatic carbocycles. The lowest BCUT2D eigenvalue weighted by atomic mass is 10.0. The Morgan fingerprint density at radius 3 is 2.73 bits per heavy atom.